The maximum Gasteiger partial charge on any atom is 0.234 e. The summed E-state index contributed by atoms with van der Waals surface area (Å²) >= 11 is 1.32. The van der Waals surface area contributed by atoms with Crippen molar-refractivity contribution in [3.8, 4) is 6.07 Å². The van der Waals surface area contributed by atoms with Gasteiger partial charge in [0.05, 0.1) is 28.3 Å². The van der Waals surface area contributed by atoms with Crippen LogP contribution >= 0.6 is 11.8 Å². The number of hydrogen-bond acceptors (Lipinski definition) is 5. The van der Waals surface area contributed by atoms with Crippen molar-refractivity contribution in [3.05, 3.63) is 86.6 Å². The van der Waals surface area contributed by atoms with E-state index in [2.05, 4.69) is 42.7 Å². The highest BCUT2D eigenvalue weighted by atomic mass is 32.2. The van der Waals surface area contributed by atoms with E-state index in [0.717, 1.165) is 35.4 Å². The Kier molecular flexibility index (Phi) is 7.47. The summed E-state index contributed by atoms with van der Waals surface area (Å²) < 4.78 is 0. The molecule has 0 saturated carbocycles. The maximum atomic E-state index is 13.0. The Morgan fingerprint density at radius 1 is 1.14 bits per heavy atom. The molecule has 0 bridgehead atoms. The van der Waals surface area contributed by atoms with Crippen molar-refractivity contribution in [2.75, 3.05) is 11.1 Å². The van der Waals surface area contributed by atoms with Crippen LogP contribution in [0.2, 0.25) is 0 Å². The van der Waals surface area contributed by atoms with Gasteiger partial charge < -0.3 is 10.6 Å². The Balaban J connectivity index is 1.61. The molecule has 5 nitrogen and oxygen atoms in total. The largest absolute Gasteiger partial charge is 0.352 e. The molecule has 1 amide bonds. The molecule has 0 radical (unpaired) electrons. The molecule has 4 rings (SSSR count). The predicted octanol–water partition coefficient (Wildman–Crippen LogP) is 6.23. The van der Waals surface area contributed by atoms with Crippen LogP contribution in [0, 0.1) is 25.2 Å². The summed E-state index contributed by atoms with van der Waals surface area (Å²) in [5, 5.41) is 17.1. The van der Waals surface area contributed by atoms with E-state index in [1.807, 2.05) is 44.2 Å². The summed E-state index contributed by atoms with van der Waals surface area (Å²) in [6.07, 6.45) is 2.05. The second kappa shape index (κ2) is 10.5. The monoisotopic (exact) mass is 485 g/mol. The van der Waals surface area contributed by atoms with Crippen molar-refractivity contribution in [1.82, 2.24) is 5.32 Å². The summed E-state index contributed by atoms with van der Waals surface area (Å²) in [6, 6.07) is 16.4. The lowest BCUT2D eigenvalue weighted by Crippen LogP contribution is -2.31. The molecule has 2 N–H and O–H groups in total. The van der Waals surface area contributed by atoms with Crippen molar-refractivity contribution in [2.45, 2.75) is 58.8 Å². The molecule has 35 heavy (non-hydrogen) atoms. The number of aryl methyl sites for hydroxylation is 2. The van der Waals surface area contributed by atoms with Gasteiger partial charge in [-0.1, -0.05) is 55.9 Å². The average Bonchev–Trinajstić information content (AvgIpc) is 2.84. The zero-order chi connectivity index (χ0) is 25.1. The van der Waals surface area contributed by atoms with Gasteiger partial charge in [-0.05, 0) is 67.0 Å². The first-order valence-corrected chi connectivity index (χ1v) is 13.0. The molecular formula is C29H31N3O2S. The van der Waals surface area contributed by atoms with Crippen LogP contribution in [0.5, 0.6) is 0 Å². The number of rotatable bonds is 6. The number of nitrogens with one attached hydrogen (secondary N) is 2. The molecule has 1 aliphatic carbocycles. The summed E-state index contributed by atoms with van der Waals surface area (Å²) in [4.78, 5) is 25.7. The third kappa shape index (κ3) is 5.36. The topological polar surface area (TPSA) is 82.0 Å². The van der Waals surface area contributed by atoms with E-state index in [1.165, 1.54) is 22.9 Å². The van der Waals surface area contributed by atoms with Gasteiger partial charge in [-0.2, -0.15) is 5.26 Å². The average molecular weight is 486 g/mol. The van der Waals surface area contributed by atoms with Crippen LogP contribution in [0.15, 0.2) is 64.3 Å². The van der Waals surface area contributed by atoms with Gasteiger partial charge in [0.25, 0.3) is 0 Å². The number of carbonyl (C=O) groups excluding carboxylic acids is 2. The van der Waals surface area contributed by atoms with Crippen molar-refractivity contribution in [3.63, 3.8) is 0 Å². The van der Waals surface area contributed by atoms with Gasteiger partial charge in [0.2, 0.25) is 5.91 Å². The van der Waals surface area contributed by atoms with Gasteiger partial charge in [-0.3, -0.25) is 9.59 Å². The Hall–Kier alpha value is -3.30. The summed E-state index contributed by atoms with van der Waals surface area (Å²) in [5.41, 5.74) is 7.29. The number of nitriles is 1. The second-order valence-corrected chi connectivity index (χ2v) is 10.5. The fourth-order valence-electron chi connectivity index (χ4n) is 4.60. The number of carbonyl (C=O) groups is 2. The first kappa shape index (κ1) is 24.8. The van der Waals surface area contributed by atoms with Crippen LogP contribution in [-0.4, -0.2) is 17.4 Å². The first-order valence-electron chi connectivity index (χ1n) is 12.1. The highest BCUT2D eigenvalue weighted by molar-refractivity contribution is 8.03. The zero-order valence-corrected chi connectivity index (χ0v) is 21.5. The van der Waals surface area contributed by atoms with Crippen LogP contribution in [0.4, 0.5) is 5.69 Å². The summed E-state index contributed by atoms with van der Waals surface area (Å²) in [6.45, 7) is 8.33. The normalized spacial score (nSPS) is 17.7. The Bertz CT molecular complexity index is 1270. The minimum Gasteiger partial charge on any atom is -0.352 e. The Morgan fingerprint density at radius 3 is 2.54 bits per heavy atom. The van der Waals surface area contributed by atoms with Crippen LogP contribution in [0.25, 0.3) is 0 Å². The molecule has 1 atom stereocenters. The lowest BCUT2D eigenvalue weighted by molar-refractivity contribution is -0.116. The number of ketones is 1. The molecule has 2 aromatic carbocycles. The van der Waals surface area contributed by atoms with Crippen LogP contribution in [-0.2, 0) is 9.59 Å². The van der Waals surface area contributed by atoms with Gasteiger partial charge in [-0.25, -0.2) is 0 Å². The maximum absolute atomic E-state index is 13.0. The highest BCUT2D eigenvalue weighted by Gasteiger charge is 2.37. The van der Waals surface area contributed by atoms with Crippen molar-refractivity contribution >= 4 is 29.1 Å². The Morgan fingerprint density at radius 2 is 1.89 bits per heavy atom. The molecule has 1 heterocycles. The SMILES string of the molecule is Cc1ccc(NC(=O)CSC2=C(C#N)[C@H](c3ccc(C(C)C)cc3)C3=C(CCCC3=O)N2)cc1C. The van der Waals surface area contributed by atoms with E-state index in [0.29, 0.717) is 28.5 Å². The van der Waals surface area contributed by atoms with E-state index < -0.39 is 5.92 Å². The van der Waals surface area contributed by atoms with Gasteiger partial charge in [0.15, 0.2) is 5.78 Å². The smallest absolute Gasteiger partial charge is 0.234 e. The van der Waals surface area contributed by atoms with E-state index >= 15 is 0 Å². The standard InChI is InChI=1S/C29H31N3O2S/c1-17(2)20-9-11-21(12-10-20)27-23(15-30)29(32-24-6-5-7-25(33)28(24)27)35-16-26(34)31-22-13-8-18(3)19(4)14-22/h8-14,17,27,32H,5-7,16H2,1-4H3,(H,31,34)/t27-/m0/s1. The molecular weight excluding hydrogens is 454 g/mol. The number of allylic oxidation sites excluding steroid dienone is 3. The fraction of sp³-hybridized carbons (Fsp3) is 0.345. The van der Waals surface area contributed by atoms with Gasteiger partial charge in [0, 0.05) is 23.4 Å². The number of Topliss-reactive ketones (excluding diaryl/α,β-unsaturated/α-hetero) is 1. The van der Waals surface area contributed by atoms with Crippen LogP contribution in [0.3, 0.4) is 0 Å². The van der Waals surface area contributed by atoms with E-state index in [9.17, 15) is 14.9 Å². The van der Waals surface area contributed by atoms with Crippen LogP contribution in [0.1, 0.15) is 67.2 Å². The molecule has 0 spiro atoms. The minimum absolute atomic E-state index is 0.0981. The lowest BCUT2D eigenvalue weighted by Gasteiger charge is -2.33. The van der Waals surface area contributed by atoms with Gasteiger partial charge in [-0.15, -0.1) is 0 Å². The number of dihydropyridines is 1. The zero-order valence-electron chi connectivity index (χ0n) is 20.7. The molecule has 180 valence electrons. The number of anilines is 1. The second-order valence-electron chi connectivity index (χ2n) is 9.54. The van der Waals surface area contributed by atoms with Crippen molar-refractivity contribution in [1.29, 1.82) is 5.26 Å². The quantitative estimate of drug-likeness (QED) is 0.507. The summed E-state index contributed by atoms with van der Waals surface area (Å²) in [7, 11) is 0. The number of benzene rings is 2. The van der Waals surface area contributed by atoms with E-state index in [4.69, 9.17) is 0 Å². The predicted molar refractivity (Wildman–Crippen MR) is 142 cm³/mol. The molecule has 2 aromatic rings. The molecule has 2 aliphatic rings. The van der Waals surface area contributed by atoms with Crippen molar-refractivity contribution in [2.24, 2.45) is 0 Å². The van der Waals surface area contributed by atoms with Gasteiger partial charge >= 0.3 is 0 Å². The third-order valence-corrected chi connectivity index (χ3v) is 7.75. The molecule has 0 fully saturated rings. The number of nitrogens with zero attached hydrogens (tertiary/aromatic N) is 1. The number of thioether (sulfide) groups is 1. The lowest BCUT2D eigenvalue weighted by atomic mass is 9.76. The first-order chi connectivity index (χ1) is 16.8. The molecule has 0 saturated heterocycles. The molecule has 6 heteroatoms. The third-order valence-electron chi connectivity index (χ3n) is 6.74. The number of hydrogen-bond donors (Lipinski definition) is 2. The number of amides is 1. The fourth-order valence-corrected chi connectivity index (χ4v) is 5.46. The van der Waals surface area contributed by atoms with Crippen molar-refractivity contribution < 1.29 is 9.59 Å². The Labute approximate surface area is 211 Å². The van der Waals surface area contributed by atoms with Crippen LogP contribution < -0.4 is 10.6 Å². The highest BCUT2D eigenvalue weighted by Crippen LogP contribution is 2.44. The van der Waals surface area contributed by atoms with E-state index in [-0.39, 0.29) is 17.4 Å². The van der Waals surface area contributed by atoms with E-state index in [1.54, 1.807) is 0 Å². The molecule has 0 aromatic heterocycles. The van der Waals surface area contributed by atoms with Gasteiger partial charge in [0.1, 0.15) is 0 Å². The summed E-state index contributed by atoms with van der Waals surface area (Å²) in [5.74, 6) is 0.116. The minimum atomic E-state index is -0.407. The molecule has 0 unspecified atom stereocenters. The molecule has 1 aliphatic heterocycles.